The maximum atomic E-state index is 11.8. The average Bonchev–Trinajstić information content (AvgIpc) is 2.41. The van der Waals surface area contributed by atoms with Crippen LogP contribution in [0, 0.1) is 6.92 Å². The number of rotatable bonds is 5. The lowest BCUT2D eigenvalue weighted by Gasteiger charge is -2.07. The summed E-state index contributed by atoms with van der Waals surface area (Å²) in [5, 5.41) is 2.83. The number of anilines is 2. The summed E-state index contributed by atoms with van der Waals surface area (Å²) in [6.07, 6.45) is 0.465. The van der Waals surface area contributed by atoms with Crippen molar-refractivity contribution in [1.82, 2.24) is 0 Å². The first-order valence-corrected chi connectivity index (χ1v) is 7.47. The molecule has 4 heteroatoms. The highest BCUT2D eigenvalue weighted by Gasteiger charge is 2.05. The minimum absolute atomic E-state index is 0.0111. The molecular formula is C16H18N2OS. The lowest BCUT2D eigenvalue weighted by molar-refractivity contribution is -0.115. The smallest absolute Gasteiger partial charge is 0.225 e. The minimum atomic E-state index is -0.0111. The van der Waals surface area contributed by atoms with Crippen molar-refractivity contribution in [3.05, 3.63) is 54.1 Å². The van der Waals surface area contributed by atoms with Gasteiger partial charge < -0.3 is 11.1 Å². The van der Waals surface area contributed by atoms with E-state index in [2.05, 4.69) is 30.4 Å². The van der Waals surface area contributed by atoms with Crippen LogP contribution in [-0.4, -0.2) is 11.7 Å². The molecule has 0 atom stereocenters. The van der Waals surface area contributed by atoms with Gasteiger partial charge in [0.05, 0.1) is 11.4 Å². The standard InChI is InChI=1S/C16H18N2OS/c1-12-5-4-6-13(11-12)20-10-9-16(19)18-15-8-3-2-7-14(15)17/h2-8,11H,9-10,17H2,1H3,(H,18,19). The van der Waals surface area contributed by atoms with E-state index in [0.717, 1.165) is 5.75 Å². The summed E-state index contributed by atoms with van der Waals surface area (Å²) in [4.78, 5) is 13.0. The molecule has 2 aromatic carbocycles. The Balaban J connectivity index is 1.80. The van der Waals surface area contributed by atoms with Gasteiger partial charge in [-0.25, -0.2) is 0 Å². The van der Waals surface area contributed by atoms with E-state index in [9.17, 15) is 4.79 Å². The Morgan fingerprint density at radius 1 is 1.20 bits per heavy atom. The van der Waals surface area contributed by atoms with Crippen LogP contribution in [0.2, 0.25) is 0 Å². The number of hydrogen-bond donors (Lipinski definition) is 2. The van der Waals surface area contributed by atoms with Crippen LogP contribution >= 0.6 is 11.8 Å². The van der Waals surface area contributed by atoms with E-state index < -0.39 is 0 Å². The highest BCUT2D eigenvalue weighted by Crippen LogP contribution is 2.21. The minimum Gasteiger partial charge on any atom is -0.397 e. The molecule has 1 amide bonds. The molecule has 0 fully saturated rings. The summed E-state index contributed by atoms with van der Waals surface area (Å²) in [6.45, 7) is 2.06. The second-order valence-corrected chi connectivity index (χ2v) is 5.72. The van der Waals surface area contributed by atoms with Crippen molar-refractivity contribution in [2.24, 2.45) is 0 Å². The fraction of sp³-hybridized carbons (Fsp3) is 0.188. The summed E-state index contributed by atoms with van der Waals surface area (Å²) in [7, 11) is 0. The third kappa shape index (κ3) is 4.31. The van der Waals surface area contributed by atoms with E-state index >= 15 is 0 Å². The summed E-state index contributed by atoms with van der Waals surface area (Å²) in [5.74, 6) is 0.741. The predicted octanol–water partition coefficient (Wildman–Crippen LogP) is 3.70. The van der Waals surface area contributed by atoms with Gasteiger partial charge in [0.15, 0.2) is 0 Å². The Bertz CT molecular complexity index is 599. The fourth-order valence-electron chi connectivity index (χ4n) is 1.79. The van der Waals surface area contributed by atoms with Crippen molar-refractivity contribution in [2.45, 2.75) is 18.2 Å². The van der Waals surface area contributed by atoms with Crippen molar-refractivity contribution in [1.29, 1.82) is 0 Å². The number of aryl methyl sites for hydroxylation is 1. The first kappa shape index (κ1) is 14.5. The summed E-state index contributed by atoms with van der Waals surface area (Å²) < 4.78 is 0. The normalized spacial score (nSPS) is 10.2. The Kier molecular flexibility index (Phi) is 5.07. The van der Waals surface area contributed by atoms with Crippen molar-refractivity contribution in [3.8, 4) is 0 Å². The Morgan fingerprint density at radius 3 is 2.75 bits per heavy atom. The van der Waals surface area contributed by atoms with Gasteiger partial charge in [0.1, 0.15) is 0 Å². The molecule has 0 aromatic heterocycles. The molecule has 2 aromatic rings. The lowest BCUT2D eigenvalue weighted by Crippen LogP contribution is -2.13. The molecule has 20 heavy (non-hydrogen) atoms. The van der Waals surface area contributed by atoms with Crippen molar-refractivity contribution >= 4 is 29.0 Å². The molecule has 0 spiro atoms. The molecule has 0 heterocycles. The van der Waals surface area contributed by atoms with Gasteiger partial charge in [0.25, 0.3) is 0 Å². The number of nitrogens with one attached hydrogen (secondary N) is 1. The molecule has 0 bridgehead atoms. The zero-order valence-electron chi connectivity index (χ0n) is 11.4. The molecule has 0 saturated carbocycles. The number of thioether (sulfide) groups is 1. The van der Waals surface area contributed by atoms with E-state index in [1.54, 1.807) is 23.9 Å². The molecule has 0 radical (unpaired) electrons. The van der Waals surface area contributed by atoms with Crippen LogP contribution in [0.5, 0.6) is 0 Å². The van der Waals surface area contributed by atoms with Gasteiger partial charge in [-0.1, -0.05) is 29.8 Å². The van der Waals surface area contributed by atoms with Crippen molar-refractivity contribution < 1.29 is 4.79 Å². The zero-order chi connectivity index (χ0) is 14.4. The van der Waals surface area contributed by atoms with Gasteiger partial charge in [-0.15, -0.1) is 11.8 Å². The topological polar surface area (TPSA) is 55.1 Å². The summed E-state index contributed by atoms with van der Waals surface area (Å²) in [5.41, 5.74) is 8.29. The molecule has 0 saturated heterocycles. The summed E-state index contributed by atoms with van der Waals surface area (Å²) >= 11 is 1.69. The zero-order valence-corrected chi connectivity index (χ0v) is 12.2. The third-order valence-electron chi connectivity index (χ3n) is 2.82. The first-order valence-electron chi connectivity index (χ1n) is 6.49. The predicted molar refractivity (Wildman–Crippen MR) is 86.0 cm³/mol. The van der Waals surface area contributed by atoms with Crippen LogP contribution < -0.4 is 11.1 Å². The van der Waals surface area contributed by atoms with Crippen LogP contribution in [0.25, 0.3) is 0 Å². The van der Waals surface area contributed by atoms with E-state index in [0.29, 0.717) is 17.8 Å². The highest BCUT2D eigenvalue weighted by molar-refractivity contribution is 7.99. The number of para-hydroxylation sites is 2. The van der Waals surface area contributed by atoms with Crippen molar-refractivity contribution in [3.63, 3.8) is 0 Å². The summed E-state index contributed by atoms with van der Waals surface area (Å²) in [6, 6.07) is 15.6. The number of nitrogen functional groups attached to an aromatic ring is 1. The number of carbonyl (C=O) groups excluding carboxylic acids is 1. The highest BCUT2D eigenvalue weighted by atomic mass is 32.2. The van der Waals surface area contributed by atoms with Gasteiger partial charge in [-0.05, 0) is 31.2 Å². The molecule has 0 unspecified atom stereocenters. The number of nitrogens with two attached hydrogens (primary N) is 1. The lowest BCUT2D eigenvalue weighted by atomic mass is 10.2. The molecule has 104 valence electrons. The third-order valence-corrected chi connectivity index (χ3v) is 3.82. The van der Waals surface area contributed by atoms with Crippen LogP contribution in [0.4, 0.5) is 11.4 Å². The largest absolute Gasteiger partial charge is 0.397 e. The number of carbonyl (C=O) groups is 1. The maximum absolute atomic E-state index is 11.8. The average molecular weight is 286 g/mol. The molecular weight excluding hydrogens is 268 g/mol. The molecule has 0 aliphatic heterocycles. The van der Waals surface area contributed by atoms with E-state index in [1.165, 1.54) is 10.5 Å². The number of hydrogen-bond acceptors (Lipinski definition) is 3. The van der Waals surface area contributed by atoms with Gasteiger partial charge in [0.2, 0.25) is 5.91 Å². The van der Waals surface area contributed by atoms with Crippen LogP contribution in [-0.2, 0) is 4.79 Å². The second kappa shape index (κ2) is 7.01. The monoisotopic (exact) mass is 286 g/mol. The Hall–Kier alpha value is -1.94. The molecule has 2 rings (SSSR count). The molecule has 0 aliphatic rings. The van der Waals surface area contributed by atoms with Gasteiger partial charge >= 0.3 is 0 Å². The van der Waals surface area contributed by atoms with Crippen LogP contribution in [0.3, 0.4) is 0 Å². The van der Waals surface area contributed by atoms with Crippen LogP contribution in [0.1, 0.15) is 12.0 Å². The molecule has 0 aliphatic carbocycles. The Labute approximate surface area is 123 Å². The first-order chi connectivity index (χ1) is 9.65. The van der Waals surface area contributed by atoms with Crippen LogP contribution in [0.15, 0.2) is 53.4 Å². The second-order valence-electron chi connectivity index (χ2n) is 4.55. The fourth-order valence-corrected chi connectivity index (χ4v) is 2.76. The molecule has 3 nitrogen and oxygen atoms in total. The number of amides is 1. The quantitative estimate of drug-likeness (QED) is 0.651. The number of benzene rings is 2. The molecule has 3 N–H and O–H groups in total. The van der Waals surface area contributed by atoms with E-state index in [-0.39, 0.29) is 5.91 Å². The Morgan fingerprint density at radius 2 is 2.00 bits per heavy atom. The van der Waals surface area contributed by atoms with Gasteiger partial charge in [-0.3, -0.25) is 4.79 Å². The van der Waals surface area contributed by atoms with Crippen molar-refractivity contribution in [2.75, 3.05) is 16.8 Å². The van der Waals surface area contributed by atoms with Gasteiger partial charge in [-0.2, -0.15) is 0 Å². The van der Waals surface area contributed by atoms with E-state index in [1.807, 2.05) is 18.2 Å². The van der Waals surface area contributed by atoms with E-state index in [4.69, 9.17) is 5.73 Å². The van der Waals surface area contributed by atoms with Gasteiger partial charge in [0, 0.05) is 17.1 Å². The maximum Gasteiger partial charge on any atom is 0.225 e. The SMILES string of the molecule is Cc1cccc(SCCC(=O)Nc2ccccc2N)c1.